The van der Waals surface area contributed by atoms with Gasteiger partial charge in [0.15, 0.2) is 0 Å². The topological polar surface area (TPSA) is 58.2 Å². The van der Waals surface area contributed by atoms with Crippen molar-refractivity contribution in [3.63, 3.8) is 0 Å². The average molecular weight is 308 g/mol. The van der Waals surface area contributed by atoms with Crippen LogP contribution in [0.2, 0.25) is 0 Å². The first-order chi connectivity index (χ1) is 10.4. The number of amides is 2. The van der Waals surface area contributed by atoms with Crippen molar-refractivity contribution in [3.8, 4) is 0 Å². The van der Waals surface area contributed by atoms with E-state index in [0.29, 0.717) is 6.07 Å². The molecule has 114 valence electrons. The van der Waals surface area contributed by atoms with Gasteiger partial charge in [0.1, 0.15) is 17.5 Å². The van der Waals surface area contributed by atoms with Gasteiger partial charge in [0, 0.05) is 18.7 Å². The lowest BCUT2D eigenvalue weighted by atomic mass is 10.2. The molecule has 0 unspecified atom stereocenters. The third-order valence-electron chi connectivity index (χ3n) is 2.71. The van der Waals surface area contributed by atoms with Gasteiger partial charge < -0.3 is 10.6 Å². The maximum Gasteiger partial charge on any atom is 0.258 e. The van der Waals surface area contributed by atoms with Gasteiger partial charge in [-0.15, -0.1) is 0 Å². The zero-order chi connectivity index (χ0) is 16.3. The highest BCUT2D eigenvalue weighted by Gasteiger charge is 2.14. The van der Waals surface area contributed by atoms with Crippen molar-refractivity contribution in [2.24, 2.45) is 0 Å². The van der Waals surface area contributed by atoms with E-state index in [9.17, 15) is 22.8 Å². The lowest BCUT2D eigenvalue weighted by Gasteiger charge is -2.09. The molecule has 4 nitrogen and oxygen atoms in total. The van der Waals surface area contributed by atoms with Crippen LogP contribution in [0.3, 0.4) is 0 Å². The maximum absolute atomic E-state index is 13.5. The predicted octanol–water partition coefficient (Wildman–Crippen LogP) is 3.31. The second-order valence-corrected chi connectivity index (χ2v) is 4.45. The van der Waals surface area contributed by atoms with Crippen molar-refractivity contribution in [1.82, 2.24) is 0 Å². The molecule has 2 aromatic carbocycles. The van der Waals surface area contributed by atoms with E-state index in [2.05, 4.69) is 10.6 Å². The van der Waals surface area contributed by atoms with Gasteiger partial charge in [-0.2, -0.15) is 0 Å². The summed E-state index contributed by atoms with van der Waals surface area (Å²) in [5, 5.41) is 4.60. The van der Waals surface area contributed by atoms with Crippen LogP contribution in [0.4, 0.5) is 24.5 Å². The molecule has 2 aromatic rings. The maximum atomic E-state index is 13.5. The number of benzene rings is 2. The first kappa shape index (κ1) is 15.6. The summed E-state index contributed by atoms with van der Waals surface area (Å²) in [6.07, 6.45) is 0. The molecule has 0 aliphatic rings. The molecule has 22 heavy (non-hydrogen) atoms. The Morgan fingerprint density at radius 3 is 2.27 bits per heavy atom. The van der Waals surface area contributed by atoms with Gasteiger partial charge in [-0.05, 0) is 30.3 Å². The quantitative estimate of drug-likeness (QED) is 0.914. The largest absolute Gasteiger partial charge is 0.324 e. The summed E-state index contributed by atoms with van der Waals surface area (Å²) in [5.74, 6) is -3.79. The molecular weight excluding hydrogens is 297 g/mol. The Morgan fingerprint density at radius 2 is 1.64 bits per heavy atom. The Hall–Kier alpha value is -2.83. The average Bonchev–Trinajstić information content (AvgIpc) is 2.41. The Kier molecular flexibility index (Phi) is 4.45. The number of carbonyl (C=O) groups excluding carboxylic acids is 2. The van der Waals surface area contributed by atoms with Crippen LogP contribution in [0.25, 0.3) is 0 Å². The molecule has 2 N–H and O–H groups in total. The van der Waals surface area contributed by atoms with Crippen molar-refractivity contribution in [2.75, 3.05) is 10.6 Å². The fourth-order valence-electron chi connectivity index (χ4n) is 1.76. The molecule has 0 aromatic heterocycles. The van der Waals surface area contributed by atoms with E-state index >= 15 is 0 Å². The minimum atomic E-state index is -1.01. The van der Waals surface area contributed by atoms with Crippen molar-refractivity contribution in [3.05, 3.63) is 59.4 Å². The first-order valence-corrected chi connectivity index (χ1v) is 6.20. The van der Waals surface area contributed by atoms with Crippen LogP contribution in [0, 0.1) is 17.5 Å². The number of rotatable bonds is 3. The Balaban J connectivity index is 2.23. The van der Waals surface area contributed by atoms with Gasteiger partial charge in [0.05, 0.1) is 11.3 Å². The molecule has 0 fully saturated rings. The van der Waals surface area contributed by atoms with Crippen molar-refractivity contribution < 1.29 is 22.8 Å². The molecule has 0 bridgehead atoms. The summed E-state index contributed by atoms with van der Waals surface area (Å²) in [5.41, 5.74) is -0.324. The summed E-state index contributed by atoms with van der Waals surface area (Å²) < 4.78 is 39.8. The van der Waals surface area contributed by atoms with Gasteiger partial charge in [0.25, 0.3) is 5.91 Å². The normalized spacial score (nSPS) is 10.2. The highest BCUT2D eigenvalue weighted by molar-refractivity contribution is 6.04. The molecular formula is C15H11F3N2O2. The van der Waals surface area contributed by atoms with Crippen molar-refractivity contribution >= 4 is 23.2 Å². The van der Waals surface area contributed by atoms with E-state index in [4.69, 9.17) is 0 Å². The number of hydrogen-bond acceptors (Lipinski definition) is 2. The lowest BCUT2D eigenvalue weighted by molar-refractivity contribution is -0.114. The summed E-state index contributed by atoms with van der Waals surface area (Å²) in [6.45, 7) is 1.21. The van der Waals surface area contributed by atoms with Crippen LogP contribution in [0.15, 0.2) is 36.4 Å². The van der Waals surface area contributed by atoms with Gasteiger partial charge in [-0.25, -0.2) is 13.2 Å². The molecule has 7 heteroatoms. The van der Waals surface area contributed by atoms with Crippen LogP contribution in [-0.2, 0) is 4.79 Å². The molecule has 0 aliphatic carbocycles. The minimum absolute atomic E-state index is 0.120. The third-order valence-corrected chi connectivity index (χ3v) is 2.71. The van der Waals surface area contributed by atoms with Gasteiger partial charge in [-0.3, -0.25) is 9.59 Å². The van der Waals surface area contributed by atoms with Gasteiger partial charge >= 0.3 is 0 Å². The number of nitrogens with one attached hydrogen (secondary N) is 2. The number of anilines is 2. The summed E-state index contributed by atoms with van der Waals surface area (Å²) >= 11 is 0. The summed E-state index contributed by atoms with van der Waals surface area (Å²) in [7, 11) is 0. The van der Waals surface area contributed by atoms with E-state index in [-0.39, 0.29) is 16.9 Å². The van der Waals surface area contributed by atoms with E-state index in [1.54, 1.807) is 0 Å². The molecule has 0 radical (unpaired) electrons. The van der Waals surface area contributed by atoms with Gasteiger partial charge in [0.2, 0.25) is 5.91 Å². The molecule has 2 rings (SSSR count). The SMILES string of the molecule is CC(=O)Nc1cc(NC(=O)c2ccc(F)cc2F)ccc1F. The fraction of sp³-hybridized carbons (Fsp3) is 0.0667. The van der Waals surface area contributed by atoms with E-state index in [1.165, 1.54) is 19.1 Å². The van der Waals surface area contributed by atoms with Gasteiger partial charge in [-0.1, -0.05) is 0 Å². The monoisotopic (exact) mass is 308 g/mol. The van der Waals surface area contributed by atoms with Crippen molar-refractivity contribution in [2.45, 2.75) is 6.92 Å². The van der Waals surface area contributed by atoms with Crippen LogP contribution >= 0.6 is 0 Å². The summed E-state index contributed by atoms with van der Waals surface area (Å²) in [6, 6.07) is 6.02. The molecule has 0 heterocycles. The molecule has 0 spiro atoms. The van der Waals surface area contributed by atoms with E-state index in [1.807, 2.05) is 0 Å². The highest BCUT2D eigenvalue weighted by Crippen LogP contribution is 2.20. The number of carbonyl (C=O) groups is 2. The molecule has 0 saturated carbocycles. The smallest absolute Gasteiger partial charge is 0.258 e. The standard InChI is InChI=1S/C15H11F3N2O2/c1-8(21)19-14-7-10(3-5-12(14)17)20-15(22)11-4-2-9(16)6-13(11)18/h2-7H,1H3,(H,19,21)(H,20,22). The van der Waals surface area contributed by atoms with Crippen LogP contribution in [0.1, 0.15) is 17.3 Å². The molecule has 0 saturated heterocycles. The third kappa shape index (κ3) is 3.63. The van der Waals surface area contributed by atoms with E-state index < -0.39 is 29.3 Å². The van der Waals surface area contributed by atoms with Crippen LogP contribution in [0.5, 0.6) is 0 Å². The predicted molar refractivity (Wildman–Crippen MR) is 75.0 cm³/mol. The van der Waals surface area contributed by atoms with Crippen LogP contribution in [-0.4, -0.2) is 11.8 Å². The first-order valence-electron chi connectivity index (χ1n) is 6.20. The molecule has 0 aliphatic heterocycles. The Bertz CT molecular complexity index is 748. The Labute approximate surface area is 124 Å². The second-order valence-electron chi connectivity index (χ2n) is 4.45. The number of hydrogen-bond donors (Lipinski definition) is 2. The van der Waals surface area contributed by atoms with Crippen LogP contribution < -0.4 is 10.6 Å². The highest BCUT2D eigenvalue weighted by atomic mass is 19.1. The zero-order valence-electron chi connectivity index (χ0n) is 11.4. The van der Waals surface area contributed by atoms with E-state index in [0.717, 1.165) is 18.2 Å². The Morgan fingerprint density at radius 1 is 0.909 bits per heavy atom. The second kappa shape index (κ2) is 6.30. The lowest BCUT2D eigenvalue weighted by Crippen LogP contribution is -2.15. The number of halogens is 3. The summed E-state index contributed by atoms with van der Waals surface area (Å²) in [4.78, 5) is 22.9. The fourth-order valence-corrected chi connectivity index (χ4v) is 1.76. The zero-order valence-corrected chi connectivity index (χ0v) is 11.4. The molecule has 0 atom stereocenters. The minimum Gasteiger partial charge on any atom is -0.324 e. The molecule has 2 amide bonds. The van der Waals surface area contributed by atoms with Crippen molar-refractivity contribution in [1.29, 1.82) is 0 Å².